The van der Waals surface area contributed by atoms with Crippen LogP contribution >= 0.6 is 0 Å². The molecule has 1 aliphatic carbocycles. The van der Waals surface area contributed by atoms with E-state index in [1.807, 2.05) is 0 Å². The number of hydrogen-bond acceptors (Lipinski definition) is 4. The maximum absolute atomic E-state index is 10.7. The van der Waals surface area contributed by atoms with Gasteiger partial charge in [-0.2, -0.15) is 0 Å². The lowest BCUT2D eigenvalue weighted by atomic mass is 10.3. The van der Waals surface area contributed by atoms with E-state index in [1.165, 1.54) is 25.0 Å². The number of nitro benzene ring substituents is 1. The zero-order chi connectivity index (χ0) is 14.4. The molecule has 20 heavy (non-hydrogen) atoms. The van der Waals surface area contributed by atoms with Crippen molar-refractivity contribution in [3.63, 3.8) is 0 Å². The third-order valence-electron chi connectivity index (χ3n) is 3.46. The number of nitro groups is 1. The van der Waals surface area contributed by atoms with E-state index < -0.39 is 4.92 Å². The van der Waals surface area contributed by atoms with Gasteiger partial charge in [0.2, 0.25) is 0 Å². The molecule has 0 N–H and O–H groups in total. The van der Waals surface area contributed by atoms with Crippen LogP contribution in [0.5, 0.6) is 5.75 Å². The van der Waals surface area contributed by atoms with Crippen molar-refractivity contribution in [1.29, 1.82) is 0 Å². The molecule has 0 spiro atoms. The highest BCUT2D eigenvalue weighted by Crippen LogP contribution is 2.29. The topological polar surface area (TPSA) is 55.6 Å². The number of hydrogen-bond donors (Lipinski definition) is 0. The van der Waals surface area contributed by atoms with Crippen LogP contribution < -0.4 is 4.74 Å². The minimum absolute atomic E-state index is 0.0749. The summed E-state index contributed by atoms with van der Waals surface area (Å²) in [5, 5.41) is 10.7. The molecular weight excluding hydrogens is 256 g/mol. The molecular formula is C15H22N2O3. The molecule has 0 amide bonds. The molecule has 1 aromatic rings. The zero-order valence-electron chi connectivity index (χ0n) is 12.0. The number of benzene rings is 1. The summed E-state index contributed by atoms with van der Waals surface area (Å²) >= 11 is 0. The van der Waals surface area contributed by atoms with E-state index in [4.69, 9.17) is 4.74 Å². The van der Waals surface area contributed by atoms with Gasteiger partial charge in [0.05, 0.1) is 11.0 Å². The maximum atomic E-state index is 10.7. The van der Waals surface area contributed by atoms with Gasteiger partial charge in [-0.15, -0.1) is 0 Å². The number of non-ortho nitro benzene ring substituents is 1. The molecule has 0 bridgehead atoms. The zero-order valence-corrected chi connectivity index (χ0v) is 12.0. The Morgan fingerprint density at radius 2 is 2.20 bits per heavy atom. The molecule has 0 unspecified atom stereocenters. The van der Waals surface area contributed by atoms with Crippen LogP contribution in [0, 0.1) is 16.0 Å². The van der Waals surface area contributed by atoms with Crippen molar-refractivity contribution in [3.05, 3.63) is 34.4 Å². The fraction of sp³-hybridized carbons (Fsp3) is 0.600. The van der Waals surface area contributed by atoms with Gasteiger partial charge in [0.1, 0.15) is 12.4 Å². The first-order valence-electron chi connectivity index (χ1n) is 7.28. The molecule has 0 heterocycles. The number of ether oxygens (including phenoxy) is 1. The van der Waals surface area contributed by atoms with Crippen molar-refractivity contribution in [2.24, 2.45) is 5.92 Å². The van der Waals surface area contributed by atoms with Gasteiger partial charge in [0.25, 0.3) is 5.69 Å². The Kier molecular flexibility index (Phi) is 5.35. The van der Waals surface area contributed by atoms with Crippen molar-refractivity contribution >= 4 is 5.69 Å². The predicted molar refractivity (Wildman–Crippen MR) is 78.0 cm³/mol. The van der Waals surface area contributed by atoms with Crippen LogP contribution in [0.25, 0.3) is 0 Å². The highest BCUT2D eigenvalue weighted by molar-refractivity contribution is 5.37. The van der Waals surface area contributed by atoms with E-state index >= 15 is 0 Å². The average molecular weight is 278 g/mol. The van der Waals surface area contributed by atoms with Gasteiger partial charge >= 0.3 is 0 Å². The number of rotatable bonds is 9. The Hall–Kier alpha value is -1.62. The lowest BCUT2D eigenvalue weighted by Crippen LogP contribution is -2.31. The van der Waals surface area contributed by atoms with Crippen LogP contribution in [-0.2, 0) is 0 Å². The summed E-state index contributed by atoms with van der Waals surface area (Å²) in [4.78, 5) is 12.7. The van der Waals surface area contributed by atoms with Gasteiger partial charge in [-0.1, -0.05) is 13.0 Å². The van der Waals surface area contributed by atoms with Gasteiger partial charge in [0.15, 0.2) is 0 Å². The Bertz CT molecular complexity index is 446. The third-order valence-corrected chi connectivity index (χ3v) is 3.46. The summed E-state index contributed by atoms with van der Waals surface area (Å²) in [6.07, 6.45) is 3.85. The largest absolute Gasteiger partial charge is 0.492 e. The summed E-state index contributed by atoms with van der Waals surface area (Å²) in [6, 6.07) is 6.37. The van der Waals surface area contributed by atoms with Crippen molar-refractivity contribution in [2.45, 2.75) is 26.2 Å². The minimum atomic E-state index is -0.399. The fourth-order valence-electron chi connectivity index (χ4n) is 2.26. The van der Waals surface area contributed by atoms with Crippen molar-refractivity contribution in [1.82, 2.24) is 4.90 Å². The minimum Gasteiger partial charge on any atom is -0.492 e. The van der Waals surface area contributed by atoms with Crippen LogP contribution in [0.1, 0.15) is 26.2 Å². The van der Waals surface area contributed by atoms with Crippen LogP contribution in [-0.4, -0.2) is 36.1 Å². The fourth-order valence-corrected chi connectivity index (χ4v) is 2.26. The Labute approximate surface area is 119 Å². The van der Waals surface area contributed by atoms with E-state index in [9.17, 15) is 10.1 Å². The maximum Gasteiger partial charge on any atom is 0.273 e. The Balaban J connectivity index is 1.78. The second-order valence-corrected chi connectivity index (χ2v) is 5.35. The van der Waals surface area contributed by atoms with Crippen LogP contribution in [0.2, 0.25) is 0 Å². The second-order valence-electron chi connectivity index (χ2n) is 5.35. The molecule has 2 rings (SSSR count). The third kappa shape index (κ3) is 4.81. The second kappa shape index (κ2) is 7.24. The molecule has 0 aliphatic heterocycles. The predicted octanol–water partition coefficient (Wildman–Crippen LogP) is 3.10. The molecule has 1 saturated carbocycles. The van der Waals surface area contributed by atoms with Gasteiger partial charge in [0, 0.05) is 19.2 Å². The van der Waals surface area contributed by atoms with E-state index in [2.05, 4.69) is 11.8 Å². The lowest BCUT2D eigenvalue weighted by molar-refractivity contribution is -0.384. The summed E-state index contributed by atoms with van der Waals surface area (Å²) in [6.45, 7) is 5.89. The van der Waals surface area contributed by atoms with Crippen molar-refractivity contribution in [2.75, 3.05) is 26.2 Å². The van der Waals surface area contributed by atoms with Gasteiger partial charge in [-0.25, -0.2) is 0 Å². The van der Waals surface area contributed by atoms with Gasteiger partial charge < -0.3 is 4.74 Å². The smallest absolute Gasteiger partial charge is 0.273 e. The Morgan fingerprint density at radius 1 is 1.40 bits per heavy atom. The molecule has 110 valence electrons. The first-order chi connectivity index (χ1) is 9.69. The molecule has 0 aromatic heterocycles. The SMILES string of the molecule is CCCN(CCOc1cccc([N+](=O)[O-])c1)CC1CC1. The standard InChI is InChI=1S/C15H22N2O3/c1-2-8-16(12-13-6-7-13)9-10-20-15-5-3-4-14(11-15)17(18)19/h3-5,11,13H,2,6-10,12H2,1H3. The van der Waals surface area contributed by atoms with Crippen LogP contribution in [0.15, 0.2) is 24.3 Å². The summed E-state index contributed by atoms with van der Waals surface area (Å²) in [7, 11) is 0. The van der Waals surface area contributed by atoms with Crippen molar-refractivity contribution in [3.8, 4) is 5.75 Å². The molecule has 0 atom stereocenters. The van der Waals surface area contributed by atoms with Crippen LogP contribution in [0.4, 0.5) is 5.69 Å². The monoisotopic (exact) mass is 278 g/mol. The van der Waals surface area contributed by atoms with Crippen molar-refractivity contribution < 1.29 is 9.66 Å². The van der Waals surface area contributed by atoms with E-state index in [-0.39, 0.29) is 5.69 Å². The molecule has 5 nitrogen and oxygen atoms in total. The average Bonchev–Trinajstić information content (AvgIpc) is 3.23. The summed E-state index contributed by atoms with van der Waals surface area (Å²) < 4.78 is 5.63. The highest BCUT2D eigenvalue weighted by Gasteiger charge is 2.23. The summed E-state index contributed by atoms with van der Waals surface area (Å²) in [5.41, 5.74) is 0.0749. The molecule has 1 aliphatic rings. The van der Waals surface area contributed by atoms with E-state index in [1.54, 1.807) is 12.1 Å². The molecule has 0 saturated heterocycles. The summed E-state index contributed by atoms with van der Waals surface area (Å²) in [5.74, 6) is 1.45. The molecule has 1 aromatic carbocycles. The van der Waals surface area contributed by atoms with Gasteiger partial charge in [-0.05, 0) is 37.8 Å². The first kappa shape index (κ1) is 14.8. The highest BCUT2D eigenvalue weighted by atomic mass is 16.6. The lowest BCUT2D eigenvalue weighted by Gasteiger charge is -2.21. The van der Waals surface area contributed by atoms with Gasteiger partial charge in [-0.3, -0.25) is 15.0 Å². The quantitative estimate of drug-likeness (QED) is 0.514. The molecule has 1 fully saturated rings. The van der Waals surface area contributed by atoms with E-state index in [0.29, 0.717) is 12.4 Å². The first-order valence-corrected chi connectivity index (χ1v) is 7.28. The van der Waals surface area contributed by atoms with E-state index in [0.717, 1.165) is 32.0 Å². The molecule has 0 radical (unpaired) electrons. The number of nitrogens with zero attached hydrogens (tertiary/aromatic N) is 2. The Morgan fingerprint density at radius 3 is 2.85 bits per heavy atom. The normalized spacial score (nSPS) is 14.5. The van der Waals surface area contributed by atoms with Crippen LogP contribution in [0.3, 0.4) is 0 Å². The molecule has 5 heteroatoms.